The number of nitrogens with one attached hydrogen (secondary N) is 2. The lowest BCUT2D eigenvalue weighted by Crippen LogP contribution is -2.53. The summed E-state index contributed by atoms with van der Waals surface area (Å²) in [4.78, 5) is 39.3. The molecule has 3 amide bonds. The van der Waals surface area contributed by atoms with Crippen molar-refractivity contribution in [3.05, 3.63) is 34.9 Å². The van der Waals surface area contributed by atoms with Crippen LogP contribution in [0.5, 0.6) is 0 Å². The highest BCUT2D eigenvalue weighted by molar-refractivity contribution is 5.93. The lowest BCUT2D eigenvalue weighted by molar-refractivity contribution is -0.139. The molecule has 1 rings (SSSR count). The molecule has 0 saturated heterocycles. The van der Waals surface area contributed by atoms with Crippen molar-refractivity contribution < 1.29 is 24.2 Å². The molecular formula is C23H33N3O5. The molecule has 170 valence electrons. The van der Waals surface area contributed by atoms with Gasteiger partial charge in [0.25, 0.3) is 5.91 Å². The Kier molecular flexibility index (Phi) is 9.07. The van der Waals surface area contributed by atoms with Gasteiger partial charge in [0.15, 0.2) is 0 Å². The van der Waals surface area contributed by atoms with E-state index in [-0.39, 0.29) is 6.04 Å². The molecule has 0 aliphatic carbocycles. The Morgan fingerprint density at radius 3 is 2.29 bits per heavy atom. The van der Waals surface area contributed by atoms with E-state index in [0.29, 0.717) is 5.56 Å². The van der Waals surface area contributed by atoms with Crippen molar-refractivity contribution in [2.75, 3.05) is 6.61 Å². The molecule has 8 heteroatoms. The smallest absolute Gasteiger partial charge is 0.408 e. The molecule has 3 N–H and O–H groups in total. The van der Waals surface area contributed by atoms with Gasteiger partial charge in [0.1, 0.15) is 17.7 Å². The van der Waals surface area contributed by atoms with Gasteiger partial charge in [-0.05, 0) is 65.2 Å². The maximum Gasteiger partial charge on any atom is 0.408 e. The van der Waals surface area contributed by atoms with Gasteiger partial charge in [0, 0.05) is 12.1 Å². The zero-order valence-corrected chi connectivity index (χ0v) is 19.3. The largest absolute Gasteiger partial charge is 0.444 e. The minimum absolute atomic E-state index is 0.191. The van der Waals surface area contributed by atoms with E-state index in [1.165, 1.54) is 0 Å². The second-order valence-corrected chi connectivity index (χ2v) is 8.57. The standard InChI is InChI=1S/C23H33N3O5/c1-9-26(21(29)18(13-27)25-22(30)31-23(6,7)8)19(20(28)24-14(2)3)17-12-10-11-15(4)16(17)5/h1,10-12,14,18-19,27H,13H2,2-8H3,(H,24,28)(H,25,30). The van der Waals surface area contributed by atoms with E-state index in [1.807, 2.05) is 19.9 Å². The van der Waals surface area contributed by atoms with Gasteiger partial charge in [0.2, 0.25) is 5.91 Å². The molecule has 0 aliphatic rings. The molecule has 0 spiro atoms. The van der Waals surface area contributed by atoms with Crippen LogP contribution in [0.25, 0.3) is 0 Å². The second-order valence-electron chi connectivity index (χ2n) is 8.57. The zero-order valence-electron chi connectivity index (χ0n) is 19.3. The van der Waals surface area contributed by atoms with Gasteiger partial charge in [-0.25, -0.2) is 4.79 Å². The van der Waals surface area contributed by atoms with E-state index < -0.39 is 42.2 Å². The molecule has 0 fully saturated rings. The van der Waals surface area contributed by atoms with Crippen molar-refractivity contribution in [1.82, 2.24) is 15.5 Å². The first-order chi connectivity index (χ1) is 14.3. The Hall–Kier alpha value is -3.05. The number of carbonyl (C=O) groups is 3. The van der Waals surface area contributed by atoms with Crippen molar-refractivity contribution in [2.24, 2.45) is 0 Å². The summed E-state index contributed by atoms with van der Waals surface area (Å²) in [6.07, 6.45) is 4.76. The first-order valence-corrected chi connectivity index (χ1v) is 10.1. The molecule has 0 saturated carbocycles. The average molecular weight is 432 g/mol. The summed E-state index contributed by atoms with van der Waals surface area (Å²) in [7, 11) is 0. The van der Waals surface area contributed by atoms with Gasteiger partial charge >= 0.3 is 6.09 Å². The van der Waals surface area contributed by atoms with Crippen LogP contribution in [-0.2, 0) is 14.3 Å². The Bertz CT molecular complexity index is 852. The van der Waals surface area contributed by atoms with Gasteiger partial charge in [-0.1, -0.05) is 24.6 Å². The Morgan fingerprint density at radius 2 is 1.81 bits per heavy atom. The summed E-state index contributed by atoms with van der Waals surface area (Å²) in [5.74, 6) is -1.27. The van der Waals surface area contributed by atoms with Crippen LogP contribution in [0.3, 0.4) is 0 Å². The van der Waals surface area contributed by atoms with Crippen molar-refractivity contribution in [3.8, 4) is 12.5 Å². The summed E-state index contributed by atoms with van der Waals surface area (Å²) in [5, 5.41) is 14.8. The number of aryl methyl sites for hydroxylation is 1. The third-order valence-electron chi connectivity index (χ3n) is 4.43. The highest BCUT2D eigenvalue weighted by atomic mass is 16.6. The van der Waals surface area contributed by atoms with E-state index in [9.17, 15) is 19.5 Å². The summed E-state index contributed by atoms with van der Waals surface area (Å²) < 4.78 is 5.15. The number of benzene rings is 1. The molecule has 0 heterocycles. The number of ether oxygens (including phenoxy) is 1. The maximum atomic E-state index is 13.2. The van der Waals surface area contributed by atoms with Crippen LogP contribution in [0.2, 0.25) is 0 Å². The monoisotopic (exact) mass is 431 g/mol. The molecule has 2 atom stereocenters. The fourth-order valence-corrected chi connectivity index (χ4v) is 2.90. The van der Waals surface area contributed by atoms with Crippen LogP contribution >= 0.6 is 0 Å². The van der Waals surface area contributed by atoms with E-state index in [4.69, 9.17) is 11.2 Å². The molecule has 8 nitrogen and oxygen atoms in total. The molecule has 0 aliphatic heterocycles. The number of amides is 3. The number of terminal acetylenes is 1. The van der Waals surface area contributed by atoms with Crippen LogP contribution < -0.4 is 10.6 Å². The lowest BCUT2D eigenvalue weighted by Gasteiger charge is -2.31. The van der Waals surface area contributed by atoms with Crippen LogP contribution in [0.4, 0.5) is 4.79 Å². The van der Waals surface area contributed by atoms with Crippen LogP contribution in [0.15, 0.2) is 18.2 Å². The summed E-state index contributed by atoms with van der Waals surface area (Å²) in [6, 6.07) is 4.92. The fraction of sp³-hybridized carbons (Fsp3) is 0.522. The van der Waals surface area contributed by atoms with Gasteiger partial charge in [0.05, 0.1) is 6.61 Å². The minimum atomic E-state index is -1.38. The second kappa shape index (κ2) is 10.8. The van der Waals surface area contributed by atoms with Gasteiger partial charge in [-0.15, -0.1) is 0 Å². The molecule has 0 aromatic heterocycles. The molecule has 0 radical (unpaired) electrons. The van der Waals surface area contributed by atoms with Crippen molar-refractivity contribution in [1.29, 1.82) is 0 Å². The van der Waals surface area contributed by atoms with Crippen LogP contribution in [0, 0.1) is 26.3 Å². The van der Waals surface area contributed by atoms with Crippen molar-refractivity contribution >= 4 is 17.9 Å². The van der Waals surface area contributed by atoms with Crippen LogP contribution in [-0.4, -0.2) is 52.2 Å². The van der Waals surface area contributed by atoms with E-state index >= 15 is 0 Å². The molecule has 31 heavy (non-hydrogen) atoms. The Labute approximate surface area is 184 Å². The highest BCUT2D eigenvalue weighted by Crippen LogP contribution is 2.27. The quantitative estimate of drug-likeness (QED) is 0.453. The predicted molar refractivity (Wildman–Crippen MR) is 118 cm³/mol. The van der Waals surface area contributed by atoms with Crippen LogP contribution in [0.1, 0.15) is 57.4 Å². The summed E-state index contributed by atoms with van der Waals surface area (Å²) in [5.41, 5.74) is 1.49. The Morgan fingerprint density at radius 1 is 1.19 bits per heavy atom. The number of hydrogen-bond donors (Lipinski definition) is 3. The number of aliphatic hydroxyl groups is 1. The predicted octanol–water partition coefficient (Wildman–Crippen LogP) is 2.17. The molecule has 2 unspecified atom stereocenters. The Balaban J connectivity index is 3.35. The third-order valence-corrected chi connectivity index (χ3v) is 4.43. The number of alkyl carbamates (subject to hydrolysis) is 1. The van der Waals surface area contributed by atoms with Gasteiger partial charge in [-0.2, -0.15) is 0 Å². The lowest BCUT2D eigenvalue weighted by atomic mass is 9.95. The topological polar surface area (TPSA) is 108 Å². The van der Waals surface area contributed by atoms with E-state index in [1.54, 1.807) is 46.8 Å². The first kappa shape index (κ1) is 26.0. The summed E-state index contributed by atoms with van der Waals surface area (Å²) >= 11 is 0. The molecular weight excluding hydrogens is 398 g/mol. The van der Waals surface area contributed by atoms with Crippen molar-refractivity contribution in [3.63, 3.8) is 0 Å². The van der Waals surface area contributed by atoms with Gasteiger partial charge in [-0.3, -0.25) is 14.5 Å². The average Bonchev–Trinajstić information content (AvgIpc) is 2.64. The van der Waals surface area contributed by atoms with Crippen molar-refractivity contribution in [2.45, 2.75) is 72.2 Å². The fourth-order valence-electron chi connectivity index (χ4n) is 2.90. The zero-order chi connectivity index (χ0) is 23.9. The summed E-state index contributed by atoms with van der Waals surface area (Å²) in [6.45, 7) is 11.6. The maximum absolute atomic E-state index is 13.2. The number of hydrogen-bond acceptors (Lipinski definition) is 5. The number of nitrogens with zero attached hydrogens (tertiary/aromatic N) is 1. The highest BCUT2D eigenvalue weighted by Gasteiger charge is 2.36. The minimum Gasteiger partial charge on any atom is -0.444 e. The van der Waals surface area contributed by atoms with E-state index in [2.05, 4.69) is 16.7 Å². The molecule has 0 bridgehead atoms. The van der Waals surface area contributed by atoms with E-state index in [0.717, 1.165) is 16.0 Å². The van der Waals surface area contributed by atoms with Gasteiger partial charge < -0.3 is 20.5 Å². The molecule has 1 aromatic rings. The normalized spacial score (nSPS) is 13.0. The molecule has 1 aromatic carbocycles. The first-order valence-electron chi connectivity index (χ1n) is 10.1. The number of rotatable bonds is 7. The number of carbonyl (C=O) groups excluding carboxylic acids is 3. The third kappa shape index (κ3) is 7.30. The SMILES string of the molecule is C#CN(C(=O)C(CO)NC(=O)OC(C)(C)C)C(C(=O)NC(C)C)c1cccc(C)c1C. The number of aliphatic hydroxyl groups excluding tert-OH is 1.